The number of pyridine rings is 1. The van der Waals surface area contributed by atoms with Crippen molar-refractivity contribution in [2.24, 2.45) is 5.73 Å². The smallest absolute Gasteiger partial charge is 0.259 e. The van der Waals surface area contributed by atoms with Crippen molar-refractivity contribution in [3.63, 3.8) is 0 Å². The summed E-state index contributed by atoms with van der Waals surface area (Å²) in [5.41, 5.74) is 9.99. The Kier molecular flexibility index (Phi) is 5.44. The number of hydrogen-bond acceptors (Lipinski definition) is 4. The summed E-state index contributed by atoms with van der Waals surface area (Å²) in [7, 11) is 0. The van der Waals surface area contributed by atoms with Crippen LogP contribution < -0.4 is 11.1 Å². The van der Waals surface area contributed by atoms with Gasteiger partial charge in [0.1, 0.15) is 5.82 Å². The number of aryl methyl sites for hydroxylation is 2. The third-order valence-corrected chi connectivity index (χ3v) is 5.28. The van der Waals surface area contributed by atoms with E-state index in [1.54, 1.807) is 36.7 Å². The molecule has 1 aliphatic rings. The van der Waals surface area contributed by atoms with Crippen LogP contribution in [0.4, 0.5) is 5.82 Å². The Labute approximate surface area is 168 Å². The molecule has 140 valence electrons. The minimum atomic E-state index is -0.356. The van der Waals surface area contributed by atoms with Gasteiger partial charge in [0.15, 0.2) is 0 Å². The van der Waals surface area contributed by atoms with Crippen LogP contribution in [0.2, 0.25) is 10.0 Å². The number of nitrogens with two attached hydrogens (primary N) is 1. The highest BCUT2D eigenvalue weighted by molar-refractivity contribution is 6.43. The van der Waals surface area contributed by atoms with Crippen molar-refractivity contribution in [3.8, 4) is 0 Å². The quantitative estimate of drug-likeness (QED) is 0.783. The minimum absolute atomic E-state index is 0.232. The van der Waals surface area contributed by atoms with E-state index >= 15 is 0 Å². The van der Waals surface area contributed by atoms with Gasteiger partial charge in [0, 0.05) is 12.4 Å². The first-order chi connectivity index (χ1) is 12.8. The molecule has 5 nitrogen and oxygen atoms in total. The standard InChI is InChI=1S/C20H20Cl2N4O/c1-11-9-12(2)19(24-10-11)25-16-7-8-26(13(3)18(16)23)20(27)14-5-4-6-15(21)17(14)22/h4-10,13H,23H2,1-3H3,(H,24,25). The van der Waals surface area contributed by atoms with Crippen LogP contribution in [0.15, 0.2) is 54.1 Å². The second-order valence-electron chi connectivity index (χ2n) is 6.48. The van der Waals surface area contributed by atoms with Gasteiger partial charge in [-0.3, -0.25) is 4.79 Å². The van der Waals surface area contributed by atoms with Gasteiger partial charge < -0.3 is 16.0 Å². The summed E-state index contributed by atoms with van der Waals surface area (Å²) < 4.78 is 0. The molecule has 0 saturated carbocycles. The normalized spacial score (nSPS) is 16.6. The molecule has 0 aliphatic carbocycles. The predicted octanol–water partition coefficient (Wildman–Crippen LogP) is 4.65. The summed E-state index contributed by atoms with van der Waals surface area (Å²) in [5.74, 6) is 0.464. The van der Waals surface area contributed by atoms with Gasteiger partial charge in [-0.25, -0.2) is 4.98 Å². The fourth-order valence-electron chi connectivity index (χ4n) is 2.89. The molecular weight excluding hydrogens is 383 g/mol. The number of amides is 1. The van der Waals surface area contributed by atoms with Crippen LogP contribution >= 0.6 is 23.2 Å². The van der Waals surface area contributed by atoms with E-state index in [1.807, 2.05) is 26.8 Å². The van der Waals surface area contributed by atoms with Crippen molar-refractivity contribution in [1.29, 1.82) is 0 Å². The molecule has 1 amide bonds. The van der Waals surface area contributed by atoms with Gasteiger partial charge in [0.2, 0.25) is 0 Å². The average Bonchev–Trinajstić information content (AvgIpc) is 2.63. The first kappa shape index (κ1) is 19.3. The van der Waals surface area contributed by atoms with E-state index < -0.39 is 0 Å². The van der Waals surface area contributed by atoms with Gasteiger partial charge in [0.25, 0.3) is 5.91 Å². The lowest BCUT2D eigenvalue weighted by Crippen LogP contribution is -2.41. The molecule has 0 saturated heterocycles. The zero-order valence-corrected chi connectivity index (χ0v) is 16.8. The van der Waals surface area contributed by atoms with Gasteiger partial charge in [0.05, 0.1) is 33.0 Å². The number of allylic oxidation sites excluding steroid dienone is 1. The van der Waals surface area contributed by atoms with Gasteiger partial charge in [-0.2, -0.15) is 0 Å². The largest absolute Gasteiger partial charge is 0.399 e. The van der Waals surface area contributed by atoms with Crippen LogP contribution in [-0.4, -0.2) is 21.8 Å². The van der Waals surface area contributed by atoms with E-state index in [1.165, 1.54) is 4.90 Å². The van der Waals surface area contributed by atoms with Gasteiger partial charge in [-0.05, 0) is 50.1 Å². The van der Waals surface area contributed by atoms with Gasteiger partial charge in [-0.1, -0.05) is 35.3 Å². The van der Waals surface area contributed by atoms with E-state index in [-0.39, 0.29) is 17.0 Å². The summed E-state index contributed by atoms with van der Waals surface area (Å²) in [5, 5.41) is 3.82. The third kappa shape index (κ3) is 3.80. The Morgan fingerprint density at radius 3 is 2.74 bits per heavy atom. The first-order valence-corrected chi connectivity index (χ1v) is 9.20. The van der Waals surface area contributed by atoms with Crippen molar-refractivity contribution in [2.45, 2.75) is 26.8 Å². The number of aromatic nitrogens is 1. The molecule has 1 aliphatic heterocycles. The van der Waals surface area contributed by atoms with Crippen molar-refractivity contribution >= 4 is 34.9 Å². The third-order valence-electron chi connectivity index (χ3n) is 4.46. The molecule has 3 N–H and O–H groups in total. The Balaban J connectivity index is 1.85. The van der Waals surface area contributed by atoms with Crippen molar-refractivity contribution in [1.82, 2.24) is 9.88 Å². The number of nitrogens with one attached hydrogen (secondary N) is 1. The highest BCUT2D eigenvalue weighted by atomic mass is 35.5. The fraction of sp³-hybridized carbons (Fsp3) is 0.200. The molecule has 0 bridgehead atoms. The van der Waals surface area contributed by atoms with E-state index in [9.17, 15) is 4.79 Å². The molecule has 1 unspecified atom stereocenters. The van der Waals surface area contributed by atoms with Crippen LogP contribution in [0.1, 0.15) is 28.4 Å². The number of hydrogen-bond donors (Lipinski definition) is 2. The highest BCUT2D eigenvalue weighted by Crippen LogP contribution is 2.29. The molecule has 7 heteroatoms. The summed E-state index contributed by atoms with van der Waals surface area (Å²) in [6.07, 6.45) is 5.23. The molecule has 2 heterocycles. The van der Waals surface area contributed by atoms with Gasteiger partial charge in [-0.15, -0.1) is 0 Å². The number of halogens is 2. The SMILES string of the molecule is Cc1cnc(NC2=C(N)C(C)N(C(=O)c3cccc(Cl)c3Cl)C=C2)c(C)c1. The first-order valence-electron chi connectivity index (χ1n) is 8.44. The number of carbonyl (C=O) groups is 1. The number of benzene rings is 1. The van der Waals surface area contributed by atoms with Crippen molar-refractivity contribution < 1.29 is 4.79 Å². The molecular formula is C20H20Cl2N4O. The average molecular weight is 403 g/mol. The second-order valence-corrected chi connectivity index (χ2v) is 7.26. The molecule has 0 fully saturated rings. The Morgan fingerprint density at radius 1 is 1.30 bits per heavy atom. The lowest BCUT2D eigenvalue weighted by atomic mass is 10.1. The molecule has 0 spiro atoms. The van der Waals surface area contributed by atoms with Crippen LogP contribution in [0.5, 0.6) is 0 Å². The number of rotatable bonds is 3. The topological polar surface area (TPSA) is 71.2 Å². The van der Waals surface area contributed by atoms with E-state index in [2.05, 4.69) is 10.3 Å². The van der Waals surface area contributed by atoms with Crippen LogP contribution in [-0.2, 0) is 0 Å². The molecule has 1 atom stereocenters. The van der Waals surface area contributed by atoms with Crippen molar-refractivity contribution in [3.05, 3.63) is 80.9 Å². The maximum atomic E-state index is 12.9. The fourth-order valence-corrected chi connectivity index (χ4v) is 3.28. The molecule has 3 rings (SSSR count). The molecule has 2 aromatic rings. The molecule has 0 radical (unpaired) electrons. The maximum Gasteiger partial charge on any atom is 0.259 e. The Bertz CT molecular complexity index is 968. The number of anilines is 1. The number of carbonyl (C=O) groups excluding carboxylic acids is 1. The minimum Gasteiger partial charge on any atom is -0.399 e. The highest BCUT2D eigenvalue weighted by Gasteiger charge is 2.27. The zero-order valence-electron chi connectivity index (χ0n) is 15.3. The predicted molar refractivity (Wildman–Crippen MR) is 110 cm³/mol. The lowest BCUT2D eigenvalue weighted by molar-refractivity contribution is 0.0792. The van der Waals surface area contributed by atoms with Gasteiger partial charge >= 0.3 is 0 Å². The van der Waals surface area contributed by atoms with E-state index in [4.69, 9.17) is 28.9 Å². The van der Waals surface area contributed by atoms with E-state index in [0.717, 1.165) is 16.9 Å². The summed E-state index contributed by atoms with van der Waals surface area (Å²) >= 11 is 12.2. The number of nitrogens with zero attached hydrogens (tertiary/aromatic N) is 2. The van der Waals surface area contributed by atoms with Crippen LogP contribution in [0.3, 0.4) is 0 Å². The summed E-state index contributed by atoms with van der Waals surface area (Å²) in [4.78, 5) is 18.8. The molecule has 1 aromatic carbocycles. The summed E-state index contributed by atoms with van der Waals surface area (Å²) in [6, 6.07) is 6.66. The Morgan fingerprint density at radius 2 is 2.04 bits per heavy atom. The Hall–Kier alpha value is -2.50. The zero-order chi connectivity index (χ0) is 19.7. The molecule has 27 heavy (non-hydrogen) atoms. The van der Waals surface area contributed by atoms with Crippen molar-refractivity contribution in [2.75, 3.05) is 5.32 Å². The lowest BCUT2D eigenvalue weighted by Gasteiger charge is -2.31. The summed E-state index contributed by atoms with van der Waals surface area (Å²) in [6.45, 7) is 5.82. The van der Waals surface area contributed by atoms with Crippen LogP contribution in [0, 0.1) is 13.8 Å². The monoisotopic (exact) mass is 402 g/mol. The van der Waals surface area contributed by atoms with Crippen LogP contribution in [0.25, 0.3) is 0 Å². The maximum absolute atomic E-state index is 12.9. The van der Waals surface area contributed by atoms with E-state index in [0.29, 0.717) is 22.0 Å². The molecule has 1 aromatic heterocycles. The second kappa shape index (κ2) is 7.62.